The molecule has 6 nitrogen and oxygen atoms in total. The summed E-state index contributed by atoms with van der Waals surface area (Å²) in [6.45, 7) is 8.23. The van der Waals surface area contributed by atoms with Gasteiger partial charge in [-0.2, -0.15) is 4.98 Å². The van der Waals surface area contributed by atoms with Gasteiger partial charge in [-0.15, -0.1) is 11.3 Å². The van der Waals surface area contributed by atoms with E-state index in [4.69, 9.17) is 4.52 Å². The van der Waals surface area contributed by atoms with E-state index in [2.05, 4.69) is 32.3 Å². The Morgan fingerprint density at radius 1 is 1.40 bits per heavy atom. The molecule has 1 aliphatic heterocycles. The third kappa shape index (κ3) is 2.74. The Hall–Kier alpha value is -1.31. The maximum Gasteiger partial charge on any atom is 0.277 e. The molecule has 3 rings (SSSR count). The molecule has 0 radical (unpaired) electrons. The van der Waals surface area contributed by atoms with Crippen LogP contribution in [0.15, 0.2) is 9.90 Å². The highest BCUT2D eigenvalue weighted by Gasteiger charge is 2.25. The predicted molar refractivity (Wildman–Crippen MR) is 77.6 cm³/mol. The number of nitrogens with one attached hydrogen (secondary N) is 1. The van der Waals surface area contributed by atoms with Crippen molar-refractivity contribution < 1.29 is 4.52 Å². The average molecular weight is 293 g/mol. The van der Waals surface area contributed by atoms with E-state index in [-0.39, 0.29) is 6.04 Å². The minimum absolute atomic E-state index is 0.231. The summed E-state index contributed by atoms with van der Waals surface area (Å²) in [6.07, 6.45) is 0.981. The SMILES string of the molecule is CCC(c1noc(-c2csc(C)n2)n1)N1CCNCC1. The molecule has 7 heteroatoms. The van der Waals surface area contributed by atoms with Crippen molar-refractivity contribution >= 4 is 11.3 Å². The maximum absolute atomic E-state index is 5.38. The van der Waals surface area contributed by atoms with Crippen LogP contribution in [0.2, 0.25) is 0 Å². The Morgan fingerprint density at radius 3 is 2.85 bits per heavy atom. The number of aryl methyl sites for hydroxylation is 1. The van der Waals surface area contributed by atoms with Crippen LogP contribution < -0.4 is 5.32 Å². The molecule has 3 heterocycles. The number of hydrogen-bond acceptors (Lipinski definition) is 7. The average Bonchev–Trinajstić information content (AvgIpc) is 3.10. The molecule has 108 valence electrons. The second-order valence-electron chi connectivity index (χ2n) is 4.92. The molecule has 0 saturated carbocycles. The quantitative estimate of drug-likeness (QED) is 0.928. The topological polar surface area (TPSA) is 67.1 Å². The van der Waals surface area contributed by atoms with E-state index >= 15 is 0 Å². The monoisotopic (exact) mass is 293 g/mol. The van der Waals surface area contributed by atoms with Gasteiger partial charge in [-0.25, -0.2) is 4.98 Å². The van der Waals surface area contributed by atoms with E-state index in [1.807, 2.05) is 12.3 Å². The molecule has 0 aromatic carbocycles. The molecule has 2 aromatic heterocycles. The molecule has 0 amide bonds. The summed E-state index contributed by atoms with van der Waals surface area (Å²) < 4.78 is 5.38. The highest BCUT2D eigenvalue weighted by molar-refractivity contribution is 7.09. The van der Waals surface area contributed by atoms with E-state index in [0.29, 0.717) is 5.89 Å². The Morgan fingerprint density at radius 2 is 2.20 bits per heavy atom. The van der Waals surface area contributed by atoms with Gasteiger partial charge in [0.1, 0.15) is 5.69 Å². The summed E-state index contributed by atoms with van der Waals surface area (Å²) in [5.74, 6) is 1.30. The lowest BCUT2D eigenvalue weighted by Gasteiger charge is -2.32. The van der Waals surface area contributed by atoms with Gasteiger partial charge in [0.05, 0.1) is 11.0 Å². The van der Waals surface area contributed by atoms with Gasteiger partial charge in [0.25, 0.3) is 5.89 Å². The summed E-state index contributed by atoms with van der Waals surface area (Å²) in [7, 11) is 0. The van der Waals surface area contributed by atoms with Crippen molar-refractivity contribution in [1.82, 2.24) is 25.3 Å². The second kappa shape index (κ2) is 5.99. The number of nitrogens with zero attached hydrogens (tertiary/aromatic N) is 4. The number of rotatable bonds is 4. The zero-order valence-corrected chi connectivity index (χ0v) is 12.6. The van der Waals surface area contributed by atoms with Gasteiger partial charge in [0.2, 0.25) is 0 Å². The third-order valence-electron chi connectivity index (χ3n) is 3.56. The summed E-state index contributed by atoms with van der Waals surface area (Å²) in [6, 6.07) is 0.231. The Balaban J connectivity index is 1.80. The maximum atomic E-state index is 5.38. The van der Waals surface area contributed by atoms with Crippen LogP contribution in [0.25, 0.3) is 11.6 Å². The van der Waals surface area contributed by atoms with Crippen molar-refractivity contribution in [3.63, 3.8) is 0 Å². The summed E-state index contributed by atoms with van der Waals surface area (Å²) in [5, 5.41) is 10.5. The Labute approximate surface area is 122 Å². The molecule has 2 aromatic rings. The molecular weight excluding hydrogens is 274 g/mol. The fourth-order valence-corrected chi connectivity index (χ4v) is 3.12. The van der Waals surface area contributed by atoms with Gasteiger partial charge in [-0.05, 0) is 13.3 Å². The predicted octanol–water partition coefficient (Wildman–Crippen LogP) is 1.86. The van der Waals surface area contributed by atoms with Crippen LogP contribution >= 0.6 is 11.3 Å². The van der Waals surface area contributed by atoms with E-state index in [1.165, 1.54) is 0 Å². The molecule has 1 atom stereocenters. The van der Waals surface area contributed by atoms with Crippen molar-refractivity contribution in [2.45, 2.75) is 26.3 Å². The van der Waals surface area contributed by atoms with Crippen molar-refractivity contribution in [1.29, 1.82) is 0 Å². The Kier molecular flexibility index (Phi) is 4.09. The van der Waals surface area contributed by atoms with Gasteiger partial charge in [0.15, 0.2) is 5.82 Å². The van der Waals surface area contributed by atoms with E-state index in [1.54, 1.807) is 11.3 Å². The van der Waals surface area contributed by atoms with Crippen LogP contribution in [0, 0.1) is 6.92 Å². The third-order valence-corrected chi connectivity index (χ3v) is 4.33. The van der Waals surface area contributed by atoms with Gasteiger partial charge in [0, 0.05) is 31.6 Å². The van der Waals surface area contributed by atoms with Gasteiger partial charge < -0.3 is 9.84 Å². The van der Waals surface area contributed by atoms with Gasteiger partial charge in [-0.1, -0.05) is 12.1 Å². The zero-order valence-electron chi connectivity index (χ0n) is 11.8. The van der Waals surface area contributed by atoms with Crippen LogP contribution in [-0.4, -0.2) is 46.2 Å². The van der Waals surface area contributed by atoms with Gasteiger partial charge >= 0.3 is 0 Å². The minimum atomic E-state index is 0.231. The Bertz CT molecular complexity index is 561. The molecule has 1 fully saturated rings. The molecule has 0 bridgehead atoms. The smallest absolute Gasteiger partial charge is 0.277 e. The van der Waals surface area contributed by atoms with E-state index in [9.17, 15) is 0 Å². The zero-order chi connectivity index (χ0) is 13.9. The first kappa shape index (κ1) is 13.7. The van der Waals surface area contributed by atoms with Crippen LogP contribution in [0.5, 0.6) is 0 Å². The second-order valence-corrected chi connectivity index (χ2v) is 5.98. The molecule has 0 spiro atoms. The van der Waals surface area contributed by atoms with E-state index in [0.717, 1.165) is 49.1 Å². The van der Waals surface area contributed by atoms with Crippen LogP contribution in [0.3, 0.4) is 0 Å². The molecular formula is C13H19N5OS. The van der Waals surface area contributed by atoms with Crippen molar-refractivity contribution in [3.8, 4) is 11.6 Å². The first-order valence-corrected chi connectivity index (χ1v) is 7.86. The fourth-order valence-electron chi connectivity index (χ4n) is 2.53. The molecule has 1 unspecified atom stereocenters. The number of piperazine rings is 1. The standard InChI is InChI=1S/C13H19N5OS/c1-3-11(18-6-4-14-5-7-18)12-16-13(19-17-12)10-8-20-9(2)15-10/h8,11,14H,3-7H2,1-2H3. The van der Waals surface area contributed by atoms with Gasteiger partial charge in [-0.3, -0.25) is 4.90 Å². The van der Waals surface area contributed by atoms with E-state index < -0.39 is 0 Å². The number of thiazole rings is 1. The minimum Gasteiger partial charge on any atom is -0.332 e. The first-order valence-electron chi connectivity index (χ1n) is 6.99. The molecule has 1 saturated heterocycles. The molecule has 1 aliphatic rings. The summed E-state index contributed by atoms with van der Waals surface area (Å²) in [5.41, 5.74) is 0.779. The van der Waals surface area contributed by atoms with Crippen LogP contribution in [0.4, 0.5) is 0 Å². The first-order chi connectivity index (χ1) is 9.78. The summed E-state index contributed by atoms with van der Waals surface area (Å²) in [4.78, 5) is 11.3. The molecule has 1 N–H and O–H groups in total. The van der Waals surface area contributed by atoms with Crippen molar-refractivity contribution in [2.24, 2.45) is 0 Å². The van der Waals surface area contributed by atoms with Crippen LogP contribution in [-0.2, 0) is 0 Å². The lowest BCUT2D eigenvalue weighted by atomic mass is 10.1. The molecule has 0 aliphatic carbocycles. The molecule has 20 heavy (non-hydrogen) atoms. The fraction of sp³-hybridized carbons (Fsp3) is 0.615. The highest BCUT2D eigenvalue weighted by Crippen LogP contribution is 2.25. The number of hydrogen-bond donors (Lipinski definition) is 1. The normalized spacial score (nSPS) is 18.3. The van der Waals surface area contributed by atoms with Crippen molar-refractivity contribution in [2.75, 3.05) is 26.2 Å². The van der Waals surface area contributed by atoms with Crippen LogP contribution in [0.1, 0.15) is 30.2 Å². The lowest BCUT2D eigenvalue weighted by molar-refractivity contribution is 0.160. The largest absolute Gasteiger partial charge is 0.332 e. The lowest BCUT2D eigenvalue weighted by Crippen LogP contribution is -2.45. The summed E-state index contributed by atoms with van der Waals surface area (Å²) >= 11 is 1.59. The van der Waals surface area contributed by atoms with Crippen molar-refractivity contribution in [3.05, 3.63) is 16.2 Å². The number of aromatic nitrogens is 3. The highest BCUT2D eigenvalue weighted by atomic mass is 32.1.